The van der Waals surface area contributed by atoms with E-state index >= 15 is 0 Å². The van der Waals surface area contributed by atoms with Crippen LogP contribution in [0, 0.1) is 13.8 Å². The Labute approximate surface area is 364 Å². The molecule has 2 N–H and O–H groups in total. The number of amides is 1. The Balaban J connectivity index is 1.30. The van der Waals surface area contributed by atoms with Gasteiger partial charge in [-0.05, 0) is 135 Å². The average Bonchev–Trinajstić information content (AvgIpc) is 4.10. The summed E-state index contributed by atoms with van der Waals surface area (Å²) < 4.78 is 15.5. The van der Waals surface area contributed by atoms with Crippen LogP contribution in [0.4, 0.5) is 0 Å². The topological polar surface area (TPSA) is 140 Å². The molecule has 326 valence electrons. The number of aromatic nitrogens is 6. The van der Waals surface area contributed by atoms with Gasteiger partial charge in [0.05, 0.1) is 24.6 Å². The maximum Gasteiger partial charge on any atom is 0.306 e. The summed E-state index contributed by atoms with van der Waals surface area (Å²) in [5.74, 6) is -0.475. The zero-order chi connectivity index (χ0) is 44.0. The van der Waals surface area contributed by atoms with Crippen LogP contribution in [0.1, 0.15) is 110 Å². The lowest BCUT2D eigenvalue weighted by molar-refractivity contribution is -0.144. The molecule has 8 bridgehead atoms. The lowest BCUT2D eigenvalue weighted by atomic mass is 9.71. The van der Waals surface area contributed by atoms with Crippen LogP contribution >= 0.6 is 0 Å². The van der Waals surface area contributed by atoms with Crippen LogP contribution < -0.4 is 0 Å². The third kappa shape index (κ3) is 9.96. The lowest BCUT2D eigenvalue weighted by Crippen LogP contribution is -2.34. The van der Waals surface area contributed by atoms with Crippen LogP contribution in [-0.2, 0) is 55.2 Å². The summed E-state index contributed by atoms with van der Waals surface area (Å²) in [7, 11) is 3.59. The Hall–Kier alpha value is -6.17. The van der Waals surface area contributed by atoms with Gasteiger partial charge < -0.3 is 33.5 Å². The number of nitrogens with zero attached hydrogens (tertiary/aromatic N) is 5. The van der Waals surface area contributed by atoms with Crippen LogP contribution in [0.5, 0.6) is 0 Å². The molecule has 0 spiro atoms. The number of hydrogen-bond donors (Lipinski definition) is 2. The normalized spacial score (nSPS) is 16.0. The predicted molar refractivity (Wildman–Crippen MR) is 244 cm³/mol. The molecule has 0 aliphatic carbocycles. The van der Waals surface area contributed by atoms with Crippen molar-refractivity contribution < 1.29 is 23.9 Å². The Morgan fingerprint density at radius 3 is 1.79 bits per heavy atom. The average molecular weight is 840 g/mol. The van der Waals surface area contributed by atoms with Gasteiger partial charge in [-0.25, -0.2) is 4.98 Å². The molecule has 2 atom stereocenters. The van der Waals surface area contributed by atoms with Gasteiger partial charge in [-0.15, -0.1) is 0 Å². The number of H-pyrrole nitrogens is 2. The maximum absolute atomic E-state index is 13.5. The number of rotatable bonds is 17. The van der Waals surface area contributed by atoms with Gasteiger partial charge in [0.15, 0.2) is 0 Å². The van der Waals surface area contributed by atoms with Gasteiger partial charge in [0.2, 0.25) is 5.91 Å². The molecule has 12 nitrogen and oxygen atoms in total. The second-order valence-electron chi connectivity index (χ2n) is 17.2. The monoisotopic (exact) mass is 839 g/mol. The number of aromatic amines is 2. The fraction of sp³-hybridized carbons (Fsp3) is 0.420. The summed E-state index contributed by atoms with van der Waals surface area (Å²) in [4.78, 5) is 59.3. The Morgan fingerprint density at radius 1 is 0.742 bits per heavy atom. The van der Waals surface area contributed by atoms with E-state index in [1.165, 1.54) is 0 Å². The summed E-state index contributed by atoms with van der Waals surface area (Å²) in [6, 6.07) is 16.3. The van der Waals surface area contributed by atoms with Gasteiger partial charge in [0.1, 0.15) is 0 Å². The van der Waals surface area contributed by atoms with Crippen LogP contribution in [0.3, 0.4) is 0 Å². The van der Waals surface area contributed by atoms with Crippen molar-refractivity contribution >= 4 is 51.6 Å². The first-order valence-electron chi connectivity index (χ1n) is 22.0. The van der Waals surface area contributed by atoms with Gasteiger partial charge in [-0.3, -0.25) is 19.4 Å². The number of hydrogen-bond acceptors (Lipinski definition) is 7. The van der Waals surface area contributed by atoms with Crippen molar-refractivity contribution in [2.75, 3.05) is 27.3 Å². The molecule has 5 aromatic rings. The SMILES string of the molecule is CC[C@@H]1c2cc3nc(cc4[nH]c(cc5[nH]c(cc(n2)[C@@]1(C)CC(=O)N(C)C)c(C)c5CCC(=O)OCCCn1cccc1)c(CCC(=O)OCCCn1cccc1)c4C)C=C3C. The predicted octanol–water partition coefficient (Wildman–Crippen LogP) is 9.16. The molecule has 0 radical (unpaired) electrons. The molecule has 0 fully saturated rings. The maximum atomic E-state index is 13.5. The van der Waals surface area contributed by atoms with Gasteiger partial charge in [-0.2, -0.15) is 0 Å². The van der Waals surface area contributed by atoms with Crippen LogP contribution in [0.25, 0.3) is 33.7 Å². The molecular formula is C50H61N7O5. The summed E-state index contributed by atoms with van der Waals surface area (Å²) in [5.41, 5.74) is 11.3. The highest BCUT2D eigenvalue weighted by Gasteiger charge is 2.44. The molecule has 2 aliphatic rings. The van der Waals surface area contributed by atoms with Gasteiger partial charge >= 0.3 is 11.9 Å². The van der Waals surface area contributed by atoms with Gasteiger partial charge in [-0.1, -0.05) is 13.8 Å². The number of ether oxygens (including phenoxy) is 2. The quantitative estimate of drug-likeness (QED) is 0.0703. The molecular weight excluding hydrogens is 779 g/mol. The molecule has 1 amide bonds. The second kappa shape index (κ2) is 19.3. The van der Waals surface area contributed by atoms with Gasteiger partial charge in [0.25, 0.3) is 0 Å². The van der Waals surface area contributed by atoms with Crippen molar-refractivity contribution in [3.63, 3.8) is 0 Å². The second-order valence-corrected chi connectivity index (χ2v) is 17.2. The van der Waals surface area contributed by atoms with E-state index < -0.39 is 5.41 Å². The molecule has 0 aromatic carbocycles. The fourth-order valence-corrected chi connectivity index (χ4v) is 8.91. The van der Waals surface area contributed by atoms with E-state index in [2.05, 4.69) is 84.1 Å². The first-order valence-corrected chi connectivity index (χ1v) is 22.0. The van der Waals surface area contributed by atoms with E-state index in [0.29, 0.717) is 32.5 Å². The fourth-order valence-electron chi connectivity index (χ4n) is 8.91. The third-order valence-electron chi connectivity index (χ3n) is 12.6. The van der Waals surface area contributed by atoms with E-state index in [1.807, 2.05) is 49.1 Å². The molecule has 0 saturated heterocycles. The smallest absolute Gasteiger partial charge is 0.306 e. The number of carbonyl (C=O) groups is 3. The summed E-state index contributed by atoms with van der Waals surface area (Å²) in [6.07, 6.45) is 14.0. The number of allylic oxidation sites excluding steroid dienone is 1. The van der Waals surface area contributed by atoms with E-state index in [4.69, 9.17) is 19.4 Å². The third-order valence-corrected chi connectivity index (χ3v) is 12.6. The summed E-state index contributed by atoms with van der Waals surface area (Å²) >= 11 is 0. The van der Waals surface area contributed by atoms with E-state index in [9.17, 15) is 14.4 Å². The number of aryl methyl sites for hydroxylation is 6. The first kappa shape index (κ1) is 43.9. The number of carbonyl (C=O) groups excluding carboxylic acids is 3. The van der Waals surface area contributed by atoms with Crippen molar-refractivity contribution in [2.24, 2.45) is 0 Å². The minimum Gasteiger partial charge on any atom is -0.466 e. The van der Waals surface area contributed by atoms with Crippen LogP contribution in [0.15, 0.2) is 73.3 Å². The molecule has 62 heavy (non-hydrogen) atoms. The highest BCUT2D eigenvalue weighted by Crippen LogP contribution is 2.47. The lowest BCUT2D eigenvalue weighted by Gasteiger charge is -2.31. The summed E-state index contributed by atoms with van der Waals surface area (Å²) in [6.45, 7) is 12.8. The largest absolute Gasteiger partial charge is 0.466 e. The van der Waals surface area contributed by atoms with E-state index in [-0.39, 0.29) is 36.6 Å². The summed E-state index contributed by atoms with van der Waals surface area (Å²) in [5, 5.41) is 0. The molecule has 2 aliphatic heterocycles. The first-order chi connectivity index (χ1) is 29.8. The van der Waals surface area contributed by atoms with E-state index in [0.717, 1.165) is 105 Å². The van der Waals surface area contributed by atoms with Crippen LogP contribution in [-0.4, -0.2) is 79.1 Å². The van der Waals surface area contributed by atoms with Crippen molar-refractivity contribution in [3.05, 3.63) is 118 Å². The Bertz CT molecular complexity index is 2600. The number of fused-ring (bicyclic) bond motifs is 8. The van der Waals surface area contributed by atoms with Crippen LogP contribution in [0.2, 0.25) is 0 Å². The Kier molecular flexibility index (Phi) is 13.6. The molecule has 0 unspecified atom stereocenters. The van der Waals surface area contributed by atoms with E-state index in [1.54, 1.807) is 19.0 Å². The number of esters is 2. The highest BCUT2D eigenvalue weighted by molar-refractivity contribution is 5.85. The molecule has 7 rings (SSSR count). The molecule has 0 saturated carbocycles. The molecule has 5 aromatic heterocycles. The van der Waals surface area contributed by atoms with Crippen molar-refractivity contribution in [2.45, 2.75) is 110 Å². The zero-order valence-corrected chi connectivity index (χ0v) is 37.3. The molecule has 7 heterocycles. The minimum atomic E-state index is -0.591. The van der Waals surface area contributed by atoms with Crippen molar-refractivity contribution in [1.29, 1.82) is 0 Å². The van der Waals surface area contributed by atoms with Gasteiger partial charge in [0, 0.05) is 116 Å². The highest BCUT2D eigenvalue weighted by atomic mass is 16.5. The minimum absolute atomic E-state index is 0.0219. The Morgan fingerprint density at radius 2 is 1.27 bits per heavy atom. The molecule has 12 heteroatoms. The number of nitrogens with one attached hydrogen (secondary N) is 2. The van der Waals surface area contributed by atoms with Crippen molar-refractivity contribution in [1.82, 2.24) is 34.0 Å². The van der Waals surface area contributed by atoms with Crippen molar-refractivity contribution in [3.8, 4) is 0 Å². The zero-order valence-electron chi connectivity index (χ0n) is 37.3. The standard InChI is InChI=1S/C50H61N7O5/c1-8-39-45-29-40-33(2)27-36(51-40)28-41-34(3)37(15-17-48(59)61-25-13-23-56-19-9-10-20-56)43(52-41)30-44-38(16-18-49(60)62-26-14-24-57-21-11-12-22-57)35(4)42(53-44)31-46(54-45)50(39,5)32-47(58)55(6)7/h9-12,19-22,27-31,39,52-53H,8,13-18,23-26,32H2,1-7H3/t39-,50+/m1/s1.